The summed E-state index contributed by atoms with van der Waals surface area (Å²) in [5.41, 5.74) is -1.63. The number of carbonyl (C=O) groups is 1. The van der Waals surface area contributed by atoms with Crippen LogP contribution in [0.3, 0.4) is 0 Å². The average Bonchev–Trinajstić information content (AvgIpc) is 2.95. The Morgan fingerprint density at radius 3 is 1.90 bits per heavy atom. The van der Waals surface area contributed by atoms with E-state index in [9.17, 15) is 48.8 Å². The molecule has 1 amide bonds. The van der Waals surface area contributed by atoms with E-state index in [0.717, 1.165) is 24.3 Å². The molecule has 0 bridgehead atoms. The Kier molecular flexibility index (Phi) is 14.8. The maximum Gasteiger partial charge on any atom is 0.296 e. The van der Waals surface area contributed by atoms with Crippen LogP contribution in [0, 0.1) is 0 Å². The van der Waals surface area contributed by atoms with Crippen molar-refractivity contribution in [1.82, 2.24) is 9.97 Å². The number of fused-ring (bicyclic) bond motifs is 2. The molecule has 24 heteroatoms. The van der Waals surface area contributed by atoms with Gasteiger partial charge in [0, 0.05) is 99.6 Å². The van der Waals surface area contributed by atoms with Crippen LogP contribution in [-0.2, 0) is 30.4 Å². The number of hydrogen-bond acceptors (Lipinski definition) is 12. The van der Waals surface area contributed by atoms with Crippen LogP contribution < -0.4 is 5.32 Å². The van der Waals surface area contributed by atoms with E-state index in [-0.39, 0.29) is 116 Å². The van der Waals surface area contributed by atoms with E-state index >= 15 is 0 Å². The van der Waals surface area contributed by atoms with Gasteiger partial charge in [-0.15, -0.1) is 10.2 Å². The summed E-state index contributed by atoms with van der Waals surface area (Å²) in [5.74, 6) is -2.01. The fourth-order valence-corrected chi connectivity index (χ4v) is 6.30. The number of benzene rings is 4. The number of phenols is 1. The van der Waals surface area contributed by atoms with E-state index in [1.54, 1.807) is 0 Å². The number of amides is 1. The number of azo groups is 1. The van der Waals surface area contributed by atoms with Gasteiger partial charge in [0.15, 0.2) is 16.1 Å². The van der Waals surface area contributed by atoms with E-state index in [1.807, 2.05) is 0 Å². The molecule has 0 fully saturated rings. The number of nitrogens with one attached hydrogen (secondary N) is 1. The van der Waals surface area contributed by atoms with Crippen molar-refractivity contribution in [3.8, 4) is 5.75 Å². The van der Waals surface area contributed by atoms with E-state index in [0.29, 0.717) is 6.07 Å². The van der Waals surface area contributed by atoms with Crippen molar-refractivity contribution in [2.24, 2.45) is 10.2 Å². The molecule has 0 saturated carbocycles. The van der Waals surface area contributed by atoms with E-state index in [1.165, 1.54) is 30.3 Å². The molecular formula is C25H15Cl2N5Na3O11S3. The molecule has 3 radical (unpaired) electrons. The molecule has 49 heavy (non-hydrogen) atoms. The Hall–Kier alpha value is -1.34. The van der Waals surface area contributed by atoms with Gasteiger partial charge in [0.05, 0.1) is 21.6 Å². The monoisotopic (exact) mass is 796 g/mol. The topological polar surface area (TPSA) is 263 Å². The number of phenolic OH excluding ortho intramolecular Hbond substituents is 1. The number of hydrogen-bond donors (Lipinski definition) is 5. The third-order valence-electron chi connectivity index (χ3n) is 6.19. The molecule has 0 spiro atoms. The second-order valence-electron chi connectivity index (χ2n) is 9.20. The van der Waals surface area contributed by atoms with Crippen LogP contribution in [0.1, 0.15) is 10.4 Å². The fourth-order valence-electron chi connectivity index (χ4n) is 4.21. The first-order chi connectivity index (χ1) is 21.3. The van der Waals surface area contributed by atoms with Gasteiger partial charge in [-0.3, -0.25) is 18.5 Å². The van der Waals surface area contributed by atoms with Crippen molar-refractivity contribution < 1.29 is 48.8 Å². The molecule has 241 valence electrons. The van der Waals surface area contributed by atoms with Crippen LogP contribution in [0.2, 0.25) is 10.3 Å². The van der Waals surface area contributed by atoms with Gasteiger partial charge in [-0.1, -0.05) is 35.3 Å². The summed E-state index contributed by atoms with van der Waals surface area (Å²) in [4.78, 5) is 18.7. The summed E-state index contributed by atoms with van der Waals surface area (Å²) in [7, 11) is -15.1. The molecule has 0 aliphatic carbocycles. The molecule has 1 aromatic heterocycles. The van der Waals surface area contributed by atoms with Crippen LogP contribution in [0.15, 0.2) is 85.6 Å². The first kappa shape index (κ1) is 43.8. The predicted octanol–water partition coefficient (Wildman–Crippen LogP) is 4.06. The maximum atomic E-state index is 13.3. The van der Waals surface area contributed by atoms with Crippen LogP contribution in [0.25, 0.3) is 21.8 Å². The molecule has 0 unspecified atom stereocenters. The normalized spacial score (nSPS) is 11.9. The molecule has 0 atom stereocenters. The van der Waals surface area contributed by atoms with Crippen LogP contribution in [0.5, 0.6) is 5.75 Å². The SMILES string of the molecule is O=C(Nc1cc(S(=O)(=O)O)cc2cc(S(=O)(=O)O)c(N=Nc3ccccc3S(=O)(=O)O)c(O)c12)c1ccc2nc(Cl)c(Cl)nc2c1.[Na].[Na].[Na]. The van der Waals surface area contributed by atoms with E-state index in [4.69, 9.17) is 23.2 Å². The van der Waals surface area contributed by atoms with Gasteiger partial charge in [0.25, 0.3) is 36.3 Å². The Morgan fingerprint density at radius 1 is 0.714 bits per heavy atom. The zero-order chi connectivity index (χ0) is 33.8. The van der Waals surface area contributed by atoms with Crippen molar-refractivity contribution in [3.63, 3.8) is 0 Å². The number of anilines is 1. The molecule has 0 aliphatic heterocycles. The number of aromatic nitrogens is 2. The minimum absolute atomic E-state index is 0. The summed E-state index contributed by atoms with van der Waals surface area (Å²) >= 11 is 11.8. The molecule has 1 heterocycles. The van der Waals surface area contributed by atoms with Gasteiger partial charge >= 0.3 is 0 Å². The molecule has 5 rings (SSSR count). The van der Waals surface area contributed by atoms with Crippen LogP contribution in [0.4, 0.5) is 17.1 Å². The number of halogens is 2. The predicted molar refractivity (Wildman–Crippen MR) is 180 cm³/mol. The van der Waals surface area contributed by atoms with Gasteiger partial charge in [0.2, 0.25) is 0 Å². The van der Waals surface area contributed by atoms with Crippen LogP contribution >= 0.6 is 23.2 Å². The van der Waals surface area contributed by atoms with Crippen molar-refractivity contribution in [3.05, 3.63) is 76.5 Å². The first-order valence-corrected chi connectivity index (χ1v) is 17.1. The van der Waals surface area contributed by atoms with Crippen molar-refractivity contribution >= 4 is 187 Å². The van der Waals surface area contributed by atoms with Crippen molar-refractivity contribution in [2.75, 3.05) is 5.32 Å². The van der Waals surface area contributed by atoms with E-state index in [2.05, 4.69) is 25.5 Å². The van der Waals surface area contributed by atoms with Crippen molar-refractivity contribution in [2.45, 2.75) is 14.7 Å². The zero-order valence-electron chi connectivity index (χ0n) is 25.2. The molecule has 0 aliphatic rings. The summed E-state index contributed by atoms with van der Waals surface area (Å²) in [6, 6.07) is 10.7. The van der Waals surface area contributed by atoms with Crippen LogP contribution in [-0.4, -0.2) is 149 Å². The minimum atomic E-state index is -5.26. The number of aromatic hydroxyl groups is 1. The second kappa shape index (κ2) is 16.6. The summed E-state index contributed by atoms with van der Waals surface area (Å²) in [6.07, 6.45) is 0. The Labute approximate surface area is 353 Å². The fraction of sp³-hybridized carbons (Fsp3) is 0. The van der Waals surface area contributed by atoms with Gasteiger partial charge < -0.3 is 10.4 Å². The smallest absolute Gasteiger partial charge is 0.296 e. The number of carbonyl (C=O) groups excluding carboxylic acids is 1. The summed E-state index contributed by atoms with van der Waals surface area (Å²) in [6.45, 7) is 0. The van der Waals surface area contributed by atoms with Crippen molar-refractivity contribution in [1.29, 1.82) is 0 Å². The standard InChI is InChI=1S/C25H15Cl2N5O11S3.3Na/c26-23-24(27)29-16-8-11(5-6-14(16)28-23)25(34)30-17-10-13(44(35,36)37)7-12-9-19(46(41,42)43)21(22(33)20(12)17)32-31-15-3-1-2-4-18(15)45(38,39)40;;;/h1-10,33H,(H,30,34)(H,35,36,37)(H,38,39,40)(H,41,42,43);;;. The van der Waals surface area contributed by atoms with Gasteiger partial charge in [-0.25, -0.2) is 9.97 Å². The molecule has 0 saturated heterocycles. The average molecular weight is 797 g/mol. The molecule has 16 nitrogen and oxygen atoms in total. The van der Waals surface area contributed by atoms with E-state index < -0.39 is 84.5 Å². The Bertz CT molecular complexity index is 2510. The number of nitrogens with zero attached hydrogens (tertiary/aromatic N) is 4. The molecule has 5 N–H and O–H groups in total. The van der Waals surface area contributed by atoms with Gasteiger partial charge in [0.1, 0.15) is 21.2 Å². The molecular weight excluding hydrogens is 782 g/mol. The number of rotatable bonds is 7. The summed E-state index contributed by atoms with van der Waals surface area (Å²) < 4.78 is 101. The maximum absolute atomic E-state index is 13.3. The third-order valence-corrected chi connectivity index (χ3v) is 9.42. The molecule has 4 aromatic carbocycles. The van der Waals surface area contributed by atoms with Gasteiger partial charge in [-0.05, 0) is 53.9 Å². The Morgan fingerprint density at radius 2 is 1.31 bits per heavy atom. The second-order valence-corrected chi connectivity index (χ2v) is 14.1. The van der Waals surface area contributed by atoms with Gasteiger partial charge in [-0.2, -0.15) is 25.3 Å². The first-order valence-electron chi connectivity index (χ1n) is 12.1. The Balaban J connectivity index is 0.00000278. The minimum Gasteiger partial charge on any atom is -0.505 e. The third kappa shape index (κ3) is 9.76. The molecule has 5 aromatic rings. The summed E-state index contributed by atoms with van der Waals surface area (Å²) in [5, 5.41) is 19.7. The largest absolute Gasteiger partial charge is 0.505 e. The zero-order valence-corrected chi connectivity index (χ0v) is 35.2. The quantitative estimate of drug-likeness (QED) is 0.0885.